The molecule has 2 aromatic heterocycles. The quantitative estimate of drug-likeness (QED) is 0.156. The van der Waals surface area contributed by atoms with Crippen LogP contribution in [-0.2, 0) is 12.4 Å². The van der Waals surface area contributed by atoms with Crippen molar-refractivity contribution in [2.45, 2.75) is 12.4 Å². The van der Waals surface area contributed by atoms with Crippen LogP contribution in [0.15, 0.2) is 188 Å². The molecule has 0 aliphatic rings. The molecular weight excluding hydrogens is 893 g/mol. The summed E-state index contributed by atoms with van der Waals surface area (Å²) in [6.07, 6.45) is -10.5. The molecule has 0 saturated heterocycles. The molecule has 11 rings (SSSR count). The predicted molar refractivity (Wildman–Crippen MR) is 261 cm³/mol. The molecular formula is C59H31F6N5. The van der Waals surface area contributed by atoms with E-state index in [0.29, 0.717) is 51.0 Å². The Morgan fingerprint density at radius 2 is 0.757 bits per heavy atom. The Hall–Kier alpha value is -9.37. The van der Waals surface area contributed by atoms with Gasteiger partial charge in [0.15, 0.2) is 0 Å². The van der Waals surface area contributed by atoms with Crippen LogP contribution in [0, 0.1) is 34.0 Å². The predicted octanol–water partition coefficient (Wildman–Crippen LogP) is 16.2. The molecule has 0 amide bonds. The lowest BCUT2D eigenvalue weighted by Crippen LogP contribution is -2.15. The number of nitrogens with zero attached hydrogens (tertiary/aromatic N) is 5. The second kappa shape index (κ2) is 16.4. The smallest absolute Gasteiger partial charge is 0.309 e. The molecule has 11 aromatic rings. The molecule has 0 unspecified atom stereocenters. The SMILES string of the molecule is N#Cc1ccc(-c2ccc3c(c2)c2ccccc2n3-c2cccc(C#N)c2-c2c(-c3c(C(F)(F)F)cccc3C(F)(F)F)cccc2-n2c3ccccc3c3cc(-c4ccc(C#N)cc4)ccc32)cc1. The molecule has 0 aliphatic heterocycles. The molecule has 0 saturated carbocycles. The largest absolute Gasteiger partial charge is 0.417 e. The van der Waals surface area contributed by atoms with Crippen molar-refractivity contribution in [3.05, 3.63) is 216 Å². The first-order valence-corrected chi connectivity index (χ1v) is 21.9. The van der Waals surface area contributed by atoms with Crippen LogP contribution in [-0.4, -0.2) is 9.13 Å². The Bertz CT molecular complexity index is 4030. The Labute approximate surface area is 395 Å². The van der Waals surface area contributed by atoms with Gasteiger partial charge in [0.1, 0.15) is 0 Å². The fourth-order valence-electron chi connectivity index (χ4n) is 9.89. The molecule has 0 N–H and O–H groups in total. The van der Waals surface area contributed by atoms with Crippen LogP contribution in [0.4, 0.5) is 26.3 Å². The highest BCUT2D eigenvalue weighted by atomic mass is 19.4. The summed E-state index contributed by atoms with van der Waals surface area (Å²) in [4.78, 5) is 0. The van der Waals surface area contributed by atoms with E-state index in [9.17, 15) is 15.8 Å². The molecule has 0 fully saturated rings. The lowest BCUT2D eigenvalue weighted by molar-refractivity contribution is -0.142. The number of halogens is 6. The summed E-state index contributed by atoms with van der Waals surface area (Å²) in [5.74, 6) is 0. The van der Waals surface area contributed by atoms with Gasteiger partial charge in [0.25, 0.3) is 0 Å². The van der Waals surface area contributed by atoms with Crippen LogP contribution in [0.1, 0.15) is 27.8 Å². The number of aromatic nitrogens is 2. The molecule has 2 heterocycles. The van der Waals surface area contributed by atoms with E-state index in [0.717, 1.165) is 49.9 Å². The third-order valence-corrected chi connectivity index (χ3v) is 12.9. The zero-order valence-electron chi connectivity index (χ0n) is 36.4. The van der Waals surface area contributed by atoms with Crippen molar-refractivity contribution in [3.63, 3.8) is 0 Å². The molecule has 0 aliphatic carbocycles. The maximum Gasteiger partial charge on any atom is 0.417 e. The van der Waals surface area contributed by atoms with Crippen LogP contribution in [0.25, 0.3) is 99.5 Å². The number of alkyl halides is 6. The summed E-state index contributed by atoms with van der Waals surface area (Å²) in [5.41, 5.74) is 3.08. The Morgan fingerprint density at radius 3 is 1.21 bits per heavy atom. The average molecular weight is 924 g/mol. The Kier molecular flexibility index (Phi) is 10.2. The first-order valence-electron chi connectivity index (χ1n) is 21.9. The number of para-hydroxylation sites is 2. The second-order valence-electron chi connectivity index (χ2n) is 16.8. The van der Waals surface area contributed by atoms with Gasteiger partial charge in [-0.2, -0.15) is 42.1 Å². The molecule has 70 heavy (non-hydrogen) atoms. The zero-order valence-corrected chi connectivity index (χ0v) is 36.4. The first kappa shape index (κ1) is 43.2. The van der Waals surface area contributed by atoms with E-state index in [1.807, 2.05) is 118 Å². The van der Waals surface area contributed by atoms with E-state index < -0.39 is 29.0 Å². The van der Waals surface area contributed by atoms with Crippen LogP contribution < -0.4 is 0 Å². The number of fused-ring (bicyclic) bond motifs is 6. The topological polar surface area (TPSA) is 81.2 Å². The number of rotatable bonds is 6. The van der Waals surface area contributed by atoms with Gasteiger partial charge in [0, 0.05) is 38.2 Å². The monoisotopic (exact) mass is 923 g/mol. The van der Waals surface area contributed by atoms with Crippen molar-refractivity contribution in [1.29, 1.82) is 15.8 Å². The van der Waals surface area contributed by atoms with Crippen molar-refractivity contribution in [2.24, 2.45) is 0 Å². The number of benzene rings is 9. The zero-order chi connectivity index (χ0) is 48.5. The van der Waals surface area contributed by atoms with Crippen molar-refractivity contribution < 1.29 is 26.3 Å². The molecule has 0 atom stereocenters. The van der Waals surface area contributed by atoms with Crippen LogP contribution in [0.3, 0.4) is 0 Å². The fraction of sp³-hybridized carbons (Fsp3) is 0.0339. The van der Waals surface area contributed by atoms with Crippen molar-refractivity contribution >= 4 is 43.6 Å². The maximum atomic E-state index is 15.4. The minimum Gasteiger partial charge on any atom is -0.309 e. The van der Waals surface area contributed by atoms with Crippen molar-refractivity contribution in [2.75, 3.05) is 0 Å². The molecule has 5 nitrogen and oxygen atoms in total. The molecule has 0 bridgehead atoms. The van der Waals surface area contributed by atoms with E-state index in [1.54, 1.807) is 42.5 Å². The molecule has 11 heteroatoms. The van der Waals surface area contributed by atoms with E-state index >= 15 is 26.3 Å². The molecule has 334 valence electrons. The van der Waals surface area contributed by atoms with Gasteiger partial charge in [-0.3, -0.25) is 0 Å². The normalized spacial score (nSPS) is 11.8. The van der Waals surface area contributed by atoms with Gasteiger partial charge in [-0.05, 0) is 119 Å². The number of nitriles is 3. The van der Waals surface area contributed by atoms with Gasteiger partial charge in [-0.15, -0.1) is 0 Å². The third kappa shape index (κ3) is 7.01. The van der Waals surface area contributed by atoms with Gasteiger partial charge < -0.3 is 9.13 Å². The summed E-state index contributed by atoms with van der Waals surface area (Å²) in [6.45, 7) is 0. The van der Waals surface area contributed by atoms with Crippen molar-refractivity contribution in [3.8, 4) is 74.1 Å². The molecule has 0 radical (unpaired) electrons. The minimum absolute atomic E-state index is 0.00764. The summed E-state index contributed by atoms with van der Waals surface area (Å²) in [5, 5.41) is 33.1. The van der Waals surface area contributed by atoms with E-state index in [-0.39, 0.29) is 27.9 Å². The fourth-order valence-corrected chi connectivity index (χ4v) is 9.89. The van der Waals surface area contributed by atoms with Crippen LogP contribution in [0.2, 0.25) is 0 Å². The van der Waals surface area contributed by atoms with E-state index in [2.05, 4.69) is 18.2 Å². The van der Waals surface area contributed by atoms with E-state index in [1.165, 1.54) is 18.2 Å². The first-order chi connectivity index (χ1) is 33.9. The van der Waals surface area contributed by atoms with Crippen LogP contribution in [0.5, 0.6) is 0 Å². The van der Waals surface area contributed by atoms with Crippen molar-refractivity contribution in [1.82, 2.24) is 9.13 Å². The summed E-state index contributed by atoms with van der Waals surface area (Å²) < 4.78 is 96.0. The van der Waals surface area contributed by atoms with Gasteiger partial charge in [-0.25, -0.2) is 0 Å². The lowest BCUT2D eigenvalue weighted by atomic mass is 9.85. The highest BCUT2D eigenvalue weighted by Gasteiger charge is 2.42. The Balaban J connectivity index is 1.28. The average Bonchev–Trinajstić information content (AvgIpc) is 3.89. The summed E-state index contributed by atoms with van der Waals surface area (Å²) in [7, 11) is 0. The third-order valence-electron chi connectivity index (χ3n) is 12.9. The summed E-state index contributed by atoms with van der Waals surface area (Å²) in [6, 6.07) is 58.6. The maximum absolute atomic E-state index is 15.4. The van der Waals surface area contributed by atoms with Gasteiger partial charge in [0.2, 0.25) is 0 Å². The molecule has 9 aromatic carbocycles. The van der Waals surface area contributed by atoms with Gasteiger partial charge in [0.05, 0.1) is 79.5 Å². The molecule has 0 spiro atoms. The highest BCUT2D eigenvalue weighted by Crippen LogP contribution is 2.51. The Morgan fingerprint density at radius 1 is 0.343 bits per heavy atom. The van der Waals surface area contributed by atoms with E-state index in [4.69, 9.17) is 0 Å². The highest BCUT2D eigenvalue weighted by molar-refractivity contribution is 6.13. The minimum atomic E-state index is -5.23. The lowest BCUT2D eigenvalue weighted by Gasteiger charge is -2.25. The number of hydrogen-bond acceptors (Lipinski definition) is 3. The van der Waals surface area contributed by atoms with Gasteiger partial charge >= 0.3 is 12.4 Å². The van der Waals surface area contributed by atoms with Gasteiger partial charge in [-0.1, -0.05) is 97.1 Å². The second-order valence-corrected chi connectivity index (χ2v) is 16.8. The standard InChI is InChI=1S/C59H31F6N5/c60-58(61,62)47-12-7-13-48(59(63,64)65)56(47)44-11-6-17-54(70-50-15-4-2-10-43(50)46-31-40(27-29-52(46)70)38-24-20-36(33-67)21-25-38)57(44)55-41(34-68)8-5-16-53(55)69-49-14-3-1-9-42(49)45-30-39(26-28-51(45)69)37-22-18-35(32-66)19-23-37/h1-31H. The summed E-state index contributed by atoms with van der Waals surface area (Å²) >= 11 is 0. The van der Waals surface area contributed by atoms with Crippen LogP contribution >= 0.6 is 0 Å². The number of hydrogen-bond donors (Lipinski definition) is 0.